The molecular formula is C8H6F2N2OS. The molecule has 1 aromatic carbocycles. The summed E-state index contributed by atoms with van der Waals surface area (Å²) in [5.41, 5.74) is 6.03. The second kappa shape index (κ2) is 3.38. The molecule has 14 heavy (non-hydrogen) atoms. The van der Waals surface area contributed by atoms with Crippen LogP contribution in [0.15, 0.2) is 18.2 Å². The van der Waals surface area contributed by atoms with Crippen molar-refractivity contribution in [3.63, 3.8) is 0 Å². The Balaban J connectivity index is 2.53. The molecule has 2 N–H and O–H groups in total. The SMILES string of the molecule is Nc1nc2cccc(OC(F)F)c2s1. The number of rotatable bonds is 2. The van der Waals surface area contributed by atoms with Crippen LogP contribution in [0.1, 0.15) is 0 Å². The highest BCUT2D eigenvalue weighted by Gasteiger charge is 2.10. The zero-order chi connectivity index (χ0) is 10.1. The second-order valence-electron chi connectivity index (χ2n) is 2.54. The average molecular weight is 216 g/mol. The molecule has 0 atom stereocenters. The fourth-order valence-electron chi connectivity index (χ4n) is 1.13. The van der Waals surface area contributed by atoms with E-state index in [1.807, 2.05) is 0 Å². The summed E-state index contributed by atoms with van der Waals surface area (Å²) >= 11 is 1.13. The summed E-state index contributed by atoms with van der Waals surface area (Å²) in [7, 11) is 0. The average Bonchev–Trinajstić information content (AvgIpc) is 2.45. The third-order valence-electron chi connectivity index (χ3n) is 1.61. The minimum Gasteiger partial charge on any atom is -0.433 e. The zero-order valence-electron chi connectivity index (χ0n) is 6.91. The van der Waals surface area contributed by atoms with Gasteiger partial charge in [0.2, 0.25) is 0 Å². The predicted molar refractivity (Wildman–Crippen MR) is 50.7 cm³/mol. The lowest BCUT2D eigenvalue weighted by Gasteiger charge is -2.03. The van der Waals surface area contributed by atoms with E-state index >= 15 is 0 Å². The van der Waals surface area contributed by atoms with Gasteiger partial charge in [-0.2, -0.15) is 8.78 Å². The van der Waals surface area contributed by atoms with Crippen molar-refractivity contribution in [1.82, 2.24) is 4.98 Å². The highest BCUT2D eigenvalue weighted by Crippen LogP contribution is 2.32. The molecule has 0 radical (unpaired) electrons. The van der Waals surface area contributed by atoms with Gasteiger partial charge < -0.3 is 10.5 Å². The zero-order valence-corrected chi connectivity index (χ0v) is 7.72. The predicted octanol–water partition coefficient (Wildman–Crippen LogP) is 2.48. The fraction of sp³-hybridized carbons (Fsp3) is 0.125. The summed E-state index contributed by atoms with van der Waals surface area (Å²) in [5.74, 6) is 0.117. The maximum Gasteiger partial charge on any atom is 0.387 e. The fourth-order valence-corrected chi connectivity index (χ4v) is 1.92. The largest absolute Gasteiger partial charge is 0.433 e. The van der Waals surface area contributed by atoms with Crippen molar-refractivity contribution in [3.05, 3.63) is 18.2 Å². The Morgan fingerprint density at radius 3 is 2.93 bits per heavy atom. The number of nitrogens with two attached hydrogens (primary N) is 1. The molecule has 6 heteroatoms. The van der Waals surface area contributed by atoms with E-state index in [9.17, 15) is 8.78 Å². The number of hydrogen-bond donors (Lipinski definition) is 1. The molecular weight excluding hydrogens is 210 g/mol. The molecule has 0 spiro atoms. The van der Waals surface area contributed by atoms with Crippen molar-refractivity contribution in [2.75, 3.05) is 5.73 Å². The van der Waals surface area contributed by atoms with Gasteiger partial charge in [-0.3, -0.25) is 0 Å². The topological polar surface area (TPSA) is 48.1 Å². The number of hydrogen-bond acceptors (Lipinski definition) is 4. The summed E-state index contributed by atoms with van der Waals surface area (Å²) in [6, 6.07) is 4.76. The van der Waals surface area contributed by atoms with Crippen LogP contribution in [0.5, 0.6) is 5.75 Å². The van der Waals surface area contributed by atoms with Crippen LogP contribution in [0, 0.1) is 0 Å². The first-order valence-electron chi connectivity index (χ1n) is 3.76. The van der Waals surface area contributed by atoms with Gasteiger partial charge in [0.25, 0.3) is 0 Å². The van der Waals surface area contributed by atoms with Crippen LogP contribution in [0.3, 0.4) is 0 Å². The van der Waals surface area contributed by atoms with Crippen molar-refractivity contribution in [1.29, 1.82) is 0 Å². The first-order chi connectivity index (χ1) is 6.66. The Labute approximate surface area is 82.1 Å². The third-order valence-corrected chi connectivity index (χ3v) is 2.53. The lowest BCUT2D eigenvalue weighted by atomic mass is 10.3. The molecule has 2 aromatic rings. The smallest absolute Gasteiger partial charge is 0.387 e. The van der Waals surface area contributed by atoms with Gasteiger partial charge in [-0.15, -0.1) is 0 Å². The van der Waals surface area contributed by atoms with Crippen molar-refractivity contribution in [3.8, 4) is 5.75 Å². The van der Waals surface area contributed by atoms with E-state index < -0.39 is 6.61 Å². The van der Waals surface area contributed by atoms with Crippen LogP contribution < -0.4 is 10.5 Å². The molecule has 1 heterocycles. The highest BCUT2D eigenvalue weighted by molar-refractivity contribution is 7.22. The molecule has 2 rings (SSSR count). The first-order valence-corrected chi connectivity index (χ1v) is 4.58. The number of nitrogens with zero attached hydrogens (tertiary/aromatic N) is 1. The van der Waals surface area contributed by atoms with Crippen molar-refractivity contribution in [2.24, 2.45) is 0 Å². The van der Waals surface area contributed by atoms with Crippen LogP contribution in [-0.4, -0.2) is 11.6 Å². The summed E-state index contributed by atoms with van der Waals surface area (Å²) in [6.45, 7) is -2.83. The maximum atomic E-state index is 12.0. The van der Waals surface area contributed by atoms with E-state index in [4.69, 9.17) is 5.73 Å². The van der Waals surface area contributed by atoms with Gasteiger partial charge in [0.15, 0.2) is 5.13 Å². The molecule has 0 saturated heterocycles. The number of fused-ring (bicyclic) bond motifs is 1. The molecule has 0 aliphatic heterocycles. The molecule has 74 valence electrons. The summed E-state index contributed by atoms with van der Waals surface area (Å²) in [5, 5.41) is 0.338. The Morgan fingerprint density at radius 2 is 2.21 bits per heavy atom. The number of anilines is 1. The van der Waals surface area contributed by atoms with Crippen LogP contribution in [0.2, 0.25) is 0 Å². The summed E-state index contributed by atoms with van der Waals surface area (Å²) < 4.78 is 28.8. The molecule has 0 amide bonds. The van der Waals surface area contributed by atoms with E-state index in [1.54, 1.807) is 12.1 Å². The highest BCUT2D eigenvalue weighted by atomic mass is 32.1. The van der Waals surface area contributed by atoms with Gasteiger partial charge in [-0.05, 0) is 12.1 Å². The van der Waals surface area contributed by atoms with E-state index in [-0.39, 0.29) is 5.75 Å². The van der Waals surface area contributed by atoms with Gasteiger partial charge in [-0.25, -0.2) is 4.98 Å². The Hall–Kier alpha value is -1.43. The lowest BCUT2D eigenvalue weighted by Crippen LogP contribution is -2.01. The molecule has 0 fully saturated rings. The number of halogens is 2. The quantitative estimate of drug-likeness (QED) is 0.838. The monoisotopic (exact) mass is 216 g/mol. The second-order valence-corrected chi connectivity index (χ2v) is 3.57. The molecule has 0 saturated carbocycles. The van der Waals surface area contributed by atoms with Crippen molar-refractivity contribution in [2.45, 2.75) is 6.61 Å². The minimum absolute atomic E-state index is 0.117. The van der Waals surface area contributed by atoms with Crippen molar-refractivity contribution < 1.29 is 13.5 Å². The Kier molecular flexibility index (Phi) is 2.20. The van der Waals surface area contributed by atoms with Gasteiger partial charge in [0.1, 0.15) is 5.75 Å². The lowest BCUT2D eigenvalue weighted by molar-refractivity contribution is -0.0486. The number of nitrogen functional groups attached to an aromatic ring is 1. The van der Waals surface area contributed by atoms with Gasteiger partial charge >= 0.3 is 6.61 Å². The number of alkyl halides is 2. The van der Waals surface area contributed by atoms with Crippen LogP contribution in [0.4, 0.5) is 13.9 Å². The summed E-state index contributed by atoms with van der Waals surface area (Å²) in [4.78, 5) is 3.95. The van der Waals surface area contributed by atoms with E-state index in [1.165, 1.54) is 6.07 Å². The third kappa shape index (κ3) is 1.60. The minimum atomic E-state index is -2.83. The molecule has 0 unspecified atom stereocenters. The first kappa shape index (κ1) is 9.14. The van der Waals surface area contributed by atoms with Gasteiger partial charge in [0.05, 0.1) is 10.2 Å². The van der Waals surface area contributed by atoms with Crippen LogP contribution in [0.25, 0.3) is 10.2 Å². The number of aromatic nitrogens is 1. The molecule has 3 nitrogen and oxygen atoms in total. The standard InChI is InChI=1S/C8H6F2N2OS/c9-7(10)13-5-3-1-2-4-6(5)14-8(11)12-4/h1-3,7H,(H2,11,12). The number of ether oxygens (including phenoxy) is 1. The van der Waals surface area contributed by atoms with Crippen molar-refractivity contribution >= 4 is 26.7 Å². The van der Waals surface area contributed by atoms with Crippen LogP contribution in [-0.2, 0) is 0 Å². The molecule has 1 aromatic heterocycles. The normalized spacial score (nSPS) is 11.1. The number of thiazole rings is 1. The van der Waals surface area contributed by atoms with E-state index in [0.717, 1.165) is 11.3 Å². The summed E-state index contributed by atoms with van der Waals surface area (Å²) in [6.07, 6.45) is 0. The van der Waals surface area contributed by atoms with Gasteiger partial charge in [-0.1, -0.05) is 17.4 Å². The Bertz CT molecular complexity index is 458. The molecule has 0 aliphatic rings. The maximum absolute atomic E-state index is 12.0. The van der Waals surface area contributed by atoms with Crippen LogP contribution >= 0.6 is 11.3 Å². The van der Waals surface area contributed by atoms with Gasteiger partial charge in [0, 0.05) is 0 Å². The molecule has 0 aliphatic carbocycles. The number of benzene rings is 1. The van der Waals surface area contributed by atoms with E-state index in [2.05, 4.69) is 9.72 Å². The van der Waals surface area contributed by atoms with E-state index in [0.29, 0.717) is 15.3 Å². The molecule has 0 bridgehead atoms. The Morgan fingerprint density at radius 1 is 1.43 bits per heavy atom.